The highest BCUT2D eigenvalue weighted by Gasteiger charge is 2.15. The van der Waals surface area contributed by atoms with Crippen molar-refractivity contribution < 1.29 is 15.0 Å². The highest BCUT2D eigenvalue weighted by atomic mass is 32.1. The van der Waals surface area contributed by atoms with Crippen LogP contribution in [0.1, 0.15) is 10.4 Å². The van der Waals surface area contributed by atoms with Crippen LogP contribution in [0.4, 0.5) is 5.69 Å². The monoisotopic (exact) mass is 209 g/mol. The van der Waals surface area contributed by atoms with Gasteiger partial charge in [-0.2, -0.15) is 0 Å². The Morgan fingerprint density at radius 2 is 2.14 bits per heavy atom. The zero-order chi connectivity index (χ0) is 10.3. The minimum absolute atomic E-state index is 0.0327. The normalized spacial score (nSPS) is 10.6. The summed E-state index contributed by atoms with van der Waals surface area (Å²) in [5.74, 6) is -1.10. The lowest BCUT2D eigenvalue weighted by Crippen LogP contribution is -1.97. The number of aromatic carboxylic acids is 1. The van der Waals surface area contributed by atoms with Crippen molar-refractivity contribution >= 4 is 33.1 Å². The molecule has 0 bridgehead atoms. The number of rotatable bonds is 1. The number of nitrogens with two attached hydrogens (primary N) is 1. The largest absolute Gasteiger partial charge is 0.506 e. The molecule has 0 saturated carbocycles. The molecule has 5 heteroatoms. The van der Waals surface area contributed by atoms with E-state index in [0.717, 1.165) is 0 Å². The van der Waals surface area contributed by atoms with E-state index in [1.165, 1.54) is 28.8 Å². The number of thiophene rings is 1. The van der Waals surface area contributed by atoms with Gasteiger partial charge in [0.2, 0.25) is 0 Å². The first-order valence-corrected chi connectivity index (χ1v) is 4.71. The predicted octanol–water partition coefficient (Wildman–Crippen LogP) is 1.89. The van der Waals surface area contributed by atoms with Crippen LogP contribution in [0, 0.1) is 0 Å². The maximum atomic E-state index is 10.8. The van der Waals surface area contributed by atoms with Gasteiger partial charge in [-0.15, -0.1) is 11.3 Å². The van der Waals surface area contributed by atoms with Gasteiger partial charge in [0.1, 0.15) is 5.75 Å². The van der Waals surface area contributed by atoms with E-state index in [4.69, 9.17) is 10.8 Å². The first-order valence-electron chi connectivity index (χ1n) is 3.83. The summed E-state index contributed by atoms with van der Waals surface area (Å²) in [7, 11) is 0. The fraction of sp³-hybridized carbons (Fsp3) is 0. The van der Waals surface area contributed by atoms with Gasteiger partial charge in [0, 0.05) is 11.1 Å². The summed E-state index contributed by atoms with van der Waals surface area (Å²) >= 11 is 1.23. The van der Waals surface area contributed by atoms with Crippen LogP contribution in [-0.4, -0.2) is 16.2 Å². The fourth-order valence-electron chi connectivity index (χ4n) is 1.33. The first kappa shape index (κ1) is 8.83. The highest BCUT2D eigenvalue weighted by Crippen LogP contribution is 2.37. The SMILES string of the molecule is Nc1ccc(C(=O)O)c2c(O)csc12. The van der Waals surface area contributed by atoms with E-state index in [1.54, 1.807) is 0 Å². The van der Waals surface area contributed by atoms with Crippen molar-refractivity contribution in [3.8, 4) is 5.75 Å². The summed E-state index contributed by atoms with van der Waals surface area (Å²) in [6.07, 6.45) is 0. The quantitative estimate of drug-likeness (QED) is 0.626. The molecule has 0 unspecified atom stereocenters. The molecule has 0 radical (unpaired) electrons. The standard InChI is InChI=1S/C9H7NO3S/c10-5-2-1-4(9(12)13)7-6(11)3-14-8(5)7/h1-3,11H,10H2,(H,12,13). The molecule has 0 aliphatic heterocycles. The average Bonchev–Trinajstić information content (AvgIpc) is 2.50. The van der Waals surface area contributed by atoms with E-state index in [2.05, 4.69) is 0 Å². The molecule has 0 aliphatic rings. The Labute approximate surface area is 83.2 Å². The third kappa shape index (κ3) is 1.10. The predicted molar refractivity (Wildman–Crippen MR) is 54.9 cm³/mol. The van der Waals surface area contributed by atoms with Gasteiger partial charge in [0.25, 0.3) is 0 Å². The van der Waals surface area contributed by atoms with Gasteiger partial charge >= 0.3 is 5.97 Å². The Morgan fingerprint density at radius 3 is 2.79 bits per heavy atom. The topological polar surface area (TPSA) is 83.6 Å². The van der Waals surface area contributed by atoms with Crippen LogP contribution >= 0.6 is 11.3 Å². The number of carboxylic acids is 1. The van der Waals surface area contributed by atoms with Crippen molar-refractivity contribution in [1.82, 2.24) is 0 Å². The molecule has 4 nitrogen and oxygen atoms in total. The van der Waals surface area contributed by atoms with Gasteiger partial charge in [0.05, 0.1) is 15.6 Å². The lowest BCUT2D eigenvalue weighted by molar-refractivity contribution is 0.0699. The molecule has 0 fully saturated rings. The van der Waals surface area contributed by atoms with E-state index in [1.807, 2.05) is 0 Å². The number of anilines is 1. The Bertz CT molecular complexity index is 518. The molecular formula is C9H7NO3S. The molecule has 1 aromatic carbocycles. The number of fused-ring (bicyclic) bond motifs is 1. The molecule has 0 amide bonds. The molecule has 2 aromatic rings. The maximum absolute atomic E-state index is 10.8. The molecule has 1 aromatic heterocycles. The minimum Gasteiger partial charge on any atom is -0.506 e. The number of carboxylic acid groups (broad SMARTS) is 1. The molecule has 0 saturated heterocycles. The molecule has 0 aliphatic carbocycles. The van der Waals surface area contributed by atoms with Crippen LogP contribution in [0.2, 0.25) is 0 Å². The zero-order valence-electron chi connectivity index (χ0n) is 7.02. The maximum Gasteiger partial charge on any atom is 0.336 e. The lowest BCUT2D eigenvalue weighted by Gasteiger charge is -2.00. The Hall–Kier alpha value is -1.75. The number of nitrogen functional groups attached to an aromatic ring is 1. The van der Waals surface area contributed by atoms with Crippen LogP contribution < -0.4 is 5.73 Å². The van der Waals surface area contributed by atoms with Gasteiger partial charge in [0.15, 0.2) is 0 Å². The Balaban J connectivity index is 2.92. The van der Waals surface area contributed by atoms with Crippen molar-refractivity contribution in [2.24, 2.45) is 0 Å². The molecule has 0 spiro atoms. The second-order valence-corrected chi connectivity index (χ2v) is 3.71. The van der Waals surface area contributed by atoms with Crippen LogP contribution in [0.25, 0.3) is 10.1 Å². The Morgan fingerprint density at radius 1 is 1.43 bits per heavy atom. The van der Waals surface area contributed by atoms with Crippen molar-refractivity contribution in [2.45, 2.75) is 0 Å². The molecule has 0 atom stereocenters. The molecule has 14 heavy (non-hydrogen) atoms. The number of hydrogen-bond acceptors (Lipinski definition) is 4. The third-order valence-electron chi connectivity index (χ3n) is 1.96. The summed E-state index contributed by atoms with van der Waals surface area (Å²) in [6.45, 7) is 0. The number of carbonyl (C=O) groups is 1. The summed E-state index contributed by atoms with van der Waals surface area (Å²) in [5.41, 5.74) is 6.20. The van der Waals surface area contributed by atoms with Crippen LogP contribution in [0.5, 0.6) is 5.75 Å². The van der Waals surface area contributed by atoms with Crippen LogP contribution in [-0.2, 0) is 0 Å². The third-order valence-corrected chi connectivity index (χ3v) is 2.98. The molecule has 1 heterocycles. The van der Waals surface area contributed by atoms with E-state index in [9.17, 15) is 9.90 Å². The van der Waals surface area contributed by atoms with Crippen LogP contribution in [0.3, 0.4) is 0 Å². The summed E-state index contributed by atoms with van der Waals surface area (Å²) < 4.78 is 0.613. The summed E-state index contributed by atoms with van der Waals surface area (Å²) in [4.78, 5) is 10.8. The van der Waals surface area contributed by atoms with Gasteiger partial charge < -0.3 is 15.9 Å². The number of aromatic hydroxyl groups is 1. The van der Waals surface area contributed by atoms with Crippen molar-refractivity contribution in [1.29, 1.82) is 0 Å². The lowest BCUT2D eigenvalue weighted by atomic mass is 10.1. The second-order valence-electron chi connectivity index (χ2n) is 2.83. The van der Waals surface area contributed by atoms with E-state index in [-0.39, 0.29) is 11.3 Å². The summed E-state index contributed by atoms with van der Waals surface area (Å²) in [6, 6.07) is 2.92. The smallest absolute Gasteiger partial charge is 0.336 e. The first-order chi connectivity index (χ1) is 6.61. The van der Waals surface area contributed by atoms with Crippen molar-refractivity contribution in [3.05, 3.63) is 23.1 Å². The molecule has 72 valence electrons. The number of hydrogen-bond donors (Lipinski definition) is 3. The van der Waals surface area contributed by atoms with Crippen molar-refractivity contribution in [3.63, 3.8) is 0 Å². The summed E-state index contributed by atoms with van der Waals surface area (Å²) in [5, 5.41) is 20.1. The van der Waals surface area contributed by atoms with Gasteiger partial charge in [-0.3, -0.25) is 0 Å². The van der Waals surface area contributed by atoms with Gasteiger partial charge in [-0.25, -0.2) is 4.79 Å². The number of benzene rings is 1. The molecule has 2 rings (SSSR count). The highest BCUT2D eigenvalue weighted by molar-refractivity contribution is 7.18. The average molecular weight is 209 g/mol. The van der Waals surface area contributed by atoms with E-state index < -0.39 is 5.97 Å². The van der Waals surface area contributed by atoms with Gasteiger partial charge in [-0.1, -0.05) is 0 Å². The minimum atomic E-state index is -1.07. The second kappa shape index (κ2) is 2.88. The zero-order valence-corrected chi connectivity index (χ0v) is 7.84. The van der Waals surface area contributed by atoms with Gasteiger partial charge in [-0.05, 0) is 12.1 Å². The fourth-order valence-corrected chi connectivity index (χ4v) is 2.22. The molecular weight excluding hydrogens is 202 g/mol. The molecule has 4 N–H and O–H groups in total. The van der Waals surface area contributed by atoms with Crippen LogP contribution in [0.15, 0.2) is 17.5 Å². The Kier molecular flexibility index (Phi) is 1.82. The van der Waals surface area contributed by atoms with E-state index in [0.29, 0.717) is 15.8 Å². The van der Waals surface area contributed by atoms with Crippen molar-refractivity contribution in [2.75, 3.05) is 5.73 Å². The van der Waals surface area contributed by atoms with E-state index >= 15 is 0 Å².